The lowest BCUT2D eigenvalue weighted by Crippen LogP contribution is -2.09. The summed E-state index contributed by atoms with van der Waals surface area (Å²) in [5, 5.41) is 0. The molecule has 0 heterocycles. The highest BCUT2D eigenvalue weighted by molar-refractivity contribution is 9.10. The molecule has 0 aliphatic carbocycles. The van der Waals surface area contributed by atoms with E-state index in [2.05, 4.69) is 31.9 Å². The molecule has 0 spiro atoms. The molecule has 6 heteroatoms. The normalized spacial score (nSPS) is 11.1. The predicted octanol–water partition coefficient (Wildman–Crippen LogP) is 4.94. The van der Waals surface area contributed by atoms with E-state index >= 15 is 0 Å². The van der Waals surface area contributed by atoms with E-state index in [1.54, 1.807) is 0 Å². The summed E-state index contributed by atoms with van der Waals surface area (Å²) in [6.07, 6.45) is 1.14. The highest BCUT2D eigenvalue weighted by Gasteiger charge is 2.09. The van der Waals surface area contributed by atoms with Crippen molar-refractivity contribution in [2.24, 2.45) is 0 Å². The number of hydrogen-bond donors (Lipinski definition) is 0. The molecule has 0 atom stereocenters. The fourth-order valence-electron chi connectivity index (χ4n) is 1.86. The van der Waals surface area contributed by atoms with Crippen LogP contribution in [0.1, 0.15) is 18.1 Å². The molecule has 0 radical (unpaired) electrons. The number of carbonyl (C=O) groups excluding carboxylic acids is 2. The van der Waals surface area contributed by atoms with Gasteiger partial charge in [0.2, 0.25) is 0 Å². The van der Waals surface area contributed by atoms with Gasteiger partial charge in [-0.1, -0.05) is 56.1 Å². The summed E-state index contributed by atoms with van der Waals surface area (Å²) >= 11 is 6.68. The Hall–Kier alpha value is -1.92. The topological polar surface area (TPSA) is 52.6 Å². The standard InChI is InChI=1S/C19H16Br2O4/c1-13(19(23)25-12-15-4-8-17(21)9-5-15)10-18(22)24-11-14-2-6-16(20)7-3-14/h2-10H,11-12H2,1H3/b13-10+. The number of benzene rings is 2. The Morgan fingerprint density at radius 3 is 1.76 bits per heavy atom. The lowest BCUT2D eigenvalue weighted by molar-refractivity contribution is -0.142. The Morgan fingerprint density at radius 1 is 0.840 bits per heavy atom. The lowest BCUT2D eigenvalue weighted by atomic mass is 10.2. The van der Waals surface area contributed by atoms with Crippen LogP contribution in [0.3, 0.4) is 0 Å². The Kier molecular flexibility index (Phi) is 7.40. The third-order valence-electron chi connectivity index (χ3n) is 3.23. The minimum atomic E-state index is -0.582. The minimum Gasteiger partial charge on any atom is -0.458 e. The first-order valence-corrected chi connectivity index (χ1v) is 9.03. The molecule has 0 unspecified atom stereocenters. The Morgan fingerprint density at radius 2 is 1.28 bits per heavy atom. The molecule has 2 aromatic carbocycles. The molecule has 0 aliphatic rings. The molecule has 130 valence electrons. The van der Waals surface area contributed by atoms with E-state index in [0.29, 0.717) is 0 Å². The van der Waals surface area contributed by atoms with E-state index in [-0.39, 0.29) is 18.8 Å². The lowest BCUT2D eigenvalue weighted by Gasteiger charge is -2.06. The number of hydrogen-bond acceptors (Lipinski definition) is 4. The average Bonchev–Trinajstić information content (AvgIpc) is 2.60. The van der Waals surface area contributed by atoms with Crippen molar-refractivity contribution in [3.05, 3.63) is 80.3 Å². The van der Waals surface area contributed by atoms with Crippen LogP contribution in [0, 0.1) is 0 Å². The van der Waals surface area contributed by atoms with Crippen molar-refractivity contribution in [3.63, 3.8) is 0 Å². The number of rotatable bonds is 6. The van der Waals surface area contributed by atoms with E-state index in [0.717, 1.165) is 26.1 Å². The Bertz CT molecular complexity index is 765. The molecule has 4 nitrogen and oxygen atoms in total. The third-order valence-corrected chi connectivity index (χ3v) is 4.29. The summed E-state index contributed by atoms with van der Waals surface area (Å²) in [4.78, 5) is 23.7. The number of esters is 2. The first-order chi connectivity index (χ1) is 11.9. The van der Waals surface area contributed by atoms with Crippen molar-refractivity contribution in [3.8, 4) is 0 Å². The van der Waals surface area contributed by atoms with Crippen LogP contribution >= 0.6 is 31.9 Å². The maximum absolute atomic E-state index is 11.9. The monoisotopic (exact) mass is 466 g/mol. The van der Waals surface area contributed by atoms with Gasteiger partial charge in [-0.25, -0.2) is 9.59 Å². The zero-order valence-electron chi connectivity index (χ0n) is 13.5. The van der Waals surface area contributed by atoms with Crippen molar-refractivity contribution in [2.75, 3.05) is 0 Å². The van der Waals surface area contributed by atoms with Gasteiger partial charge < -0.3 is 9.47 Å². The predicted molar refractivity (Wildman–Crippen MR) is 102 cm³/mol. The highest BCUT2D eigenvalue weighted by Crippen LogP contribution is 2.13. The van der Waals surface area contributed by atoms with Gasteiger partial charge in [0.1, 0.15) is 13.2 Å². The van der Waals surface area contributed by atoms with Crippen LogP contribution < -0.4 is 0 Å². The summed E-state index contributed by atoms with van der Waals surface area (Å²) in [7, 11) is 0. The number of halogens is 2. The second-order valence-corrected chi connectivity index (χ2v) is 7.10. The summed E-state index contributed by atoms with van der Waals surface area (Å²) in [5.41, 5.74) is 1.92. The highest BCUT2D eigenvalue weighted by atomic mass is 79.9. The van der Waals surface area contributed by atoms with Crippen molar-refractivity contribution < 1.29 is 19.1 Å². The molecule has 25 heavy (non-hydrogen) atoms. The summed E-state index contributed by atoms with van der Waals surface area (Å²) < 4.78 is 12.2. The average molecular weight is 468 g/mol. The van der Waals surface area contributed by atoms with E-state index in [4.69, 9.17) is 9.47 Å². The first kappa shape index (κ1) is 19.4. The largest absolute Gasteiger partial charge is 0.458 e. The Balaban J connectivity index is 1.81. The van der Waals surface area contributed by atoms with Crippen LogP contribution in [-0.4, -0.2) is 11.9 Å². The molecule has 0 fully saturated rings. The van der Waals surface area contributed by atoms with E-state index in [1.165, 1.54) is 6.92 Å². The van der Waals surface area contributed by atoms with Crippen LogP contribution in [0.2, 0.25) is 0 Å². The maximum atomic E-state index is 11.9. The van der Waals surface area contributed by atoms with Crippen LogP contribution in [0.15, 0.2) is 69.1 Å². The van der Waals surface area contributed by atoms with Gasteiger partial charge in [-0.2, -0.15) is 0 Å². The van der Waals surface area contributed by atoms with Crippen LogP contribution in [0.5, 0.6) is 0 Å². The van der Waals surface area contributed by atoms with Crippen molar-refractivity contribution in [1.29, 1.82) is 0 Å². The summed E-state index contributed by atoms with van der Waals surface area (Å²) in [6.45, 7) is 1.81. The fourth-order valence-corrected chi connectivity index (χ4v) is 2.38. The van der Waals surface area contributed by atoms with E-state index in [9.17, 15) is 9.59 Å². The maximum Gasteiger partial charge on any atom is 0.334 e. The molecule has 0 N–H and O–H groups in total. The summed E-state index contributed by atoms with van der Waals surface area (Å²) in [6, 6.07) is 14.9. The molecular weight excluding hydrogens is 452 g/mol. The molecule has 0 saturated heterocycles. The zero-order valence-corrected chi connectivity index (χ0v) is 16.7. The second kappa shape index (κ2) is 9.53. The zero-order chi connectivity index (χ0) is 18.2. The van der Waals surface area contributed by atoms with Crippen molar-refractivity contribution in [1.82, 2.24) is 0 Å². The Labute approximate surface area is 163 Å². The molecule has 2 aromatic rings. The molecular formula is C19H16Br2O4. The van der Waals surface area contributed by atoms with E-state index < -0.39 is 11.9 Å². The fraction of sp³-hybridized carbons (Fsp3) is 0.158. The van der Waals surface area contributed by atoms with Gasteiger partial charge in [-0.05, 0) is 42.3 Å². The third kappa shape index (κ3) is 6.84. The van der Waals surface area contributed by atoms with Crippen LogP contribution in [0.4, 0.5) is 0 Å². The van der Waals surface area contributed by atoms with Crippen LogP contribution in [0.25, 0.3) is 0 Å². The second-order valence-electron chi connectivity index (χ2n) is 5.26. The van der Waals surface area contributed by atoms with Gasteiger partial charge in [0.05, 0.1) is 0 Å². The molecule has 0 saturated carbocycles. The number of ether oxygens (including phenoxy) is 2. The summed E-state index contributed by atoms with van der Waals surface area (Å²) in [5.74, 6) is -1.13. The molecule has 0 amide bonds. The smallest absolute Gasteiger partial charge is 0.334 e. The van der Waals surface area contributed by atoms with Crippen molar-refractivity contribution >= 4 is 43.8 Å². The van der Waals surface area contributed by atoms with Gasteiger partial charge in [0, 0.05) is 20.6 Å². The van der Waals surface area contributed by atoms with Gasteiger partial charge in [-0.3, -0.25) is 0 Å². The number of carbonyl (C=O) groups is 2. The van der Waals surface area contributed by atoms with Gasteiger partial charge in [-0.15, -0.1) is 0 Å². The SMILES string of the molecule is C/C(=C\C(=O)OCc1ccc(Br)cc1)C(=O)OCc1ccc(Br)cc1. The van der Waals surface area contributed by atoms with E-state index in [1.807, 2.05) is 48.5 Å². The van der Waals surface area contributed by atoms with Crippen molar-refractivity contribution in [2.45, 2.75) is 20.1 Å². The quantitative estimate of drug-likeness (QED) is 0.445. The molecule has 0 aromatic heterocycles. The minimum absolute atomic E-state index is 0.143. The van der Waals surface area contributed by atoms with Gasteiger partial charge in [0.25, 0.3) is 0 Å². The molecule has 0 aliphatic heterocycles. The van der Waals surface area contributed by atoms with Gasteiger partial charge in [0.15, 0.2) is 0 Å². The first-order valence-electron chi connectivity index (χ1n) is 7.45. The van der Waals surface area contributed by atoms with Crippen LogP contribution in [-0.2, 0) is 32.3 Å². The van der Waals surface area contributed by atoms with Gasteiger partial charge >= 0.3 is 11.9 Å². The molecule has 0 bridgehead atoms. The molecule has 2 rings (SSSR count).